The summed E-state index contributed by atoms with van der Waals surface area (Å²) < 4.78 is 46.6. The highest BCUT2D eigenvalue weighted by Crippen LogP contribution is 2.32. The van der Waals surface area contributed by atoms with Gasteiger partial charge >= 0.3 is 0 Å². The second-order valence-corrected chi connectivity index (χ2v) is 11.0. The minimum atomic E-state index is -3.45. The Hall–Kier alpha value is -2.29. The largest absolute Gasteiger partial charge is 0.356 e. The molecule has 0 atom stereocenters. The van der Waals surface area contributed by atoms with Crippen LogP contribution in [0.1, 0.15) is 57.1 Å². The first kappa shape index (κ1) is 24.8. The summed E-state index contributed by atoms with van der Waals surface area (Å²) in [5.41, 5.74) is 1.45. The molecule has 1 fully saturated rings. The van der Waals surface area contributed by atoms with Gasteiger partial charge in [-0.1, -0.05) is 36.7 Å². The number of hydrogen-bond acceptors (Lipinski definition) is 5. The van der Waals surface area contributed by atoms with Gasteiger partial charge in [-0.2, -0.15) is 4.31 Å². The van der Waals surface area contributed by atoms with Crippen molar-refractivity contribution in [2.45, 2.75) is 56.3 Å². The van der Waals surface area contributed by atoms with E-state index in [-0.39, 0.29) is 5.82 Å². The van der Waals surface area contributed by atoms with E-state index in [9.17, 15) is 12.8 Å². The van der Waals surface area contributed by atoms with Crippen LogP contribution in [0.3, 0.4) is 0 Å². The monoisotopic (exact) mass is 487 g/mol. The zero-order valence-corrected chi connectivity index (χ0v) is 20.6. The van der Waals surface area contributed by atoms with Crippen molar-refractivity contribution in [2.24, 2.45) is 0 Å². The van der Waals surface area contributed by atoms with Crippen molar-refractivity contribution < 1.29 is 17.3 Å². The van der Waals surface area contributed by atoms with Gasteiger partial charge in [-0.3, -0.25) is 0 Å². The van der Waals surface area contributed by atoms with E-state index >= 15 is 0 Å². The lowest BCUT2D eigenvalue weighted by molar-refractivity contribution is 0.204. The number of nitrogens with zero attached hydrogens (tertiary/aromatic N) is 3. The van der Waals surface area contributed by atoms with Crippen LogP contribution in [0.15, 0.2) is 57.9 Å². The Balaban J connectivity index is 1.25. The van der Waals surface area contributed by atoms with Crippen molar-refractivity contribution >= 4 is 21.0 Å². The van der Waals surface area contributed by atoms with E-state index in [1.165, 1.54) is 12.1 Å². The van der Waals surface area contributed by atoms with Crippen molar-refractivity contribution in [3.63, 3.8) is 0 Å². The third-order valence-corrected chi connectivity index (χ3v) is 8.62. The molecule has 1 aliphatic heterocycles. The Bertz CT molecular complexity index is 1160. The fourth-order valence-electron chi connectivity index (χ4n) is 4.71. The molecule has 184 valence electrons. The molecule has 2 heterocycles. The number of piperidine rings is 1. The van der Waals surface area contributed by atoms with Crippen LogP contribution in [0.5, 0.6) is 0 Å². The van der Waals surface area contributed by atoms with Crippen LogP contribution in [0.25, 0.3) is 11.0 Å². The topological polar surface area (TPSA) is 66.7 Å². The lowest BCUT2D eigenvalue weighted by Gasteiger charge is -2.31. The van der Waals surface area contributed by atoms with Crippen molar-refractivity contribution in [1.82, 2.24) is 14.4 Å². The van der Waals surface area contributed by atoms with Gasteiger partial charge in [-0.15, -0.1) is 0 Å². The smallest absolute Gasteiger partial charge is 0.243 e. The first-order chi connectivity index (χ1) is 16.5. The summed E-state index contributed by atoms with van der Waals surface area (Å²) in [6, 6.07) is 13.3. The molecule has 4 rings (SSSR count). The number of halogens is 1. The third-order valence-electron chi connectivity index (χ3n) is 6.71. The van der Waals surface area contributed by atoms with Crippen LogP contribution < -0.4 is 0 Å². The van der Waals surface area contributed by atoms with E-state index < -0.39 is 10.0 Å². The lowest BCUT2D eigenvalue weighted by Crippen LogP contribution is -2.35. The summed E-state index contributed by atoms with van der Waals surface area (Å²) >= 11 is 0. The molecule has 0 bridgehead atoms. The molecular formula is C26H34FN3O3S. The summed E-state index contributed by atoms with van der Waals surface area (Å²) in [6.45, 7) is 6.11. The Kier molecular flexibility index (Phi) is 8.34. The zero-order valence-electron chi connectivity index (χ0n) is 19.8. The molecule has 0 saturated carbocycles. The van der Waals surface area contributed by atoms with Gasteiger partial charge in [-0.25, -0.2) is 12.8 Å². The van der Waals surface area contributed by atoms with Crippen LogP contribution >= 0.6 is 0 Å². The summed E-state index contributed by atoms with van der Waals surface area (Å²) in [5, 5.41) is 5.14. The number of benzene rings is 2. The Morgan fingerprint density at radius 1 is 1.06 bits per heavy atom. The van der Waals surface area contributed by atoms with E-state index in [0.29, 0.717) is 29.5 Å². The maximum Gasteiger partial charge on any atom is 0.243 e. The van der Waals surface area contributed by atoms with Crippen molar-refractivity contribution in [3.05, 3.63) is 60.0 Å². The molecule has 8 heteroatoms. The molecule has 0 N–H and O–H groups in total. The van der Waals surface area contributed by atoms with Crippen LogP contribution in [0, 0.1) is 5.82 Å². The van der Waals surface area contributed by atoms with Gasteiger partial charge in [0.05, 0.1) is 10.6 Å². The molecule has 1 saturated heterocycles. The molecule has 6 nitrogen and oxygen atoms in total. The average Bonchev–Trinajstić information content (AvgIpc) is 3.27. The number of likely N-dealkylation sites (tertiary alicyclic amines) is 1. The molecule has 0 spiro atoms. The molecule has 0 amide bonds. The second kappa shape index (κ2) is 11.4. The maximum absolute atomic E-state index is 13.4. The number of hydrogen-bond donors (Lipinski definition) is 0. The summed E-state index contributed by atoms with van der Waals surface area (Å²) in [7, 11) is -3.45. The molecule has 0 unspecified atom stereocenters. The van der Waals surface area contributed by atoms with Crippen LogP contribution in [0.4, 0.5) is 4.39 Å². The molecule has 1 aromatic heterocycles. The Morgan fingerprint density at radius 2 is 1.79 bits per heavy atom. The predicted molar refractivity (Wildman–Crippen MR) is 132 cm³/mol. The molecule has 3 aromatic rings. The Labute approximate surface area is 201 Å². The number of aromatic nitrogens is 1. The fourth-order valence-corrected chi connectivity index (χ4v) is 6.25. The number of unbranched alkanes of at least 4 members (excludes halogenated alkanes) is 2. The standard InChI is InChI=1S/C26H34FN3O3S/c1-2-3-16-30(34(31,32)23-9-5-4-6-10-23)17-8-7-15-29-18-13-21(14-19-29)26-24-12-11-22(27)20-25(24)33-28-26/h4-6,9-12,20-21H,2-3,7-8,13-19H2,1H3. The highest BCUT2D eigenvalue weighted by Gasteiger charge is 2.26. The molecule has 1 aliphatic rings. The minimum Gasteiger partial charge on any atom is -0.356 e. The SMILES string of the molecule is CCCCN(CCCCN1CCC(c2noc3cc(F)ccc23)CC1)S(=O)(=O)c1ccccc1. The van der Waals surface area contributed by atoms with Crippen molar-refractivity contribution in [2.75, 3.05) is 32.7 Å². The summed E-state index contributed by atoms with van der Waals surface area (Å²) in [4.78, 5) is 2.82. The number of sulfonamides is 1. The van der Waals surface area contributed by atoms with E-state index in [1.54, 1.807) is 34.6 Å². The van der Waals surface area contributed by atoms with Crippen LogP contribution in [-0.4, -0.2) is 55.5 Å². The molecule has 34 heavy (non-hydrogen) atoms. The molecular weight excluding hydrogens is 453 g/mol. The van der Waals surface area contributed by atoms with Gasteiger partial charge in [0.1, 0.15) is 5.82 Å². The van der Waals surface area contributed by atoms with E-state index in [2.05, 4.69) is 17.0 Å². The first-order valence-corrected chi connectivity index (χ1v) is 13.8. The van der Waals surface area contributed by atoms with Crippen molar-refractivity contribution in [3.8, 4) is 0 Å². The summed E-state index contributed by atoms with van der Waals surface area (Å²) in [5.74, 6) is 0.0124. The number of rotatable bonds is 11. The van der Waals surface area contributed by atoms with Gasteiger partial charge in [0.2, 0.25) is 10.0 Å². The molecule has 0 aliphatic carbocycles. The number of fused-ring (bicyclic) bond motifs is 1. The van der Waals surface area contributed by atoms with E-state index in [0.717, 1.165) is 69.2 Å². The quantitative estimate of drug-likeness (QED) is 0.338. The zero-order chi connectivity index (χ0) is 24.0. The van der Waals surface area contributed by atoms with Crippen molar-refractivity contribution in [1.29, 1.82) is 0 Å². The predicted octanol–water partition coefficient (Wildman–Crippen LogP) is 5.42. The average molecular weight is 488 g/mol. The third kappa shape index (κ3) is 5.85. The molecule has 0 radical (unpaired) electrons. The van der Waals surface area contributed by atoms with E-state index in [1.807, 2.05) is 6.07 Å². The molecule has 2 aromatic carbocycles. The van der Waals surface area contributed by atoms with Gasteiger partial charge in [-0.05, 0) is 76.0 Å². The van der Waals surface area contributed by atoms with Crippen LogP contribution in [-0.2, 0) is 10.0 Å². The van der Waals surface area contributed by atoms with Gasteiger partial charge in [0, 0.05) is 30.5 Å². The first-order valence-electron chi connectivity index (χ1n) is 12.3. The highest BCUT2D eigenvalue weighted by molar-refractivity contribution is 7.89. The van der Waals surface area contributed by atoms with Gasteiger partial charge < -0.3 is 9.42 Å². The fraction of sp³-hybridized carbons (Fsp3) is 0.500. The summed E-state index contributed by atoms with van der Waals surface area (Å²) in [6.07, 6.45) is 5.61. The van der Waals surface area contributed by atoms with Gasteiger partial charge in [0.25, 0.3) is 0 Å². The second-order valence-electron chi connectivity index (χ2n) is 9.10. The highest BCUT2D eigenvalue weighted by atomic mass is 32.2. The Morgan fingerprint density at radius 3 is 2.53 bits per heavy atom. The minimum absolute atomic E-state index is 0.310. The maximum atomic E-state index is 13.4. The van der Waals surface area contributed by atoms with Gasteiger partial charge in [0.15, 0.2) is 5.58 Å². The van der Waals surface area contributed by atoms with E-state index in [4.69, 9.17) is 4.52 Å². The normalized spacial score (nSPS) is 16.0. The lowest BCUT2D eigenvalue weighted by atomic mass is 9.91. The van der Waals surface area contributed by atoms with Crippen LogP contribution in [0.2, 0.25) is 0 Å².